The van der Waals surface area contributed by atoms with Gasteiger partial charge in [-0.05, 0) is 25.3 Å². The lowest BCUT2D eigenvalue weighted by molar-refractivity contribution is -0.150. The second-order valence-corrected chi connectivity index (χ2v) is 3.59. The molecule has 0 aromatic rings. The first-order valence-electron chi connectivity index (χ1n) is 5.36. The third kappa shape index (κ3) is 1.89. The summed E-state index contributed by atoms with van der Waals surface area (Å²) < 4.78 is 0. The van der Waals surface area contributed by atoms with Crippen molar-refractivity contribution in [3.8, 4) is 0 Å². The summed E-state index contributed by atoms with van der Waals surface area (Å²) in [4.78, 5) is 23.4. The van der Waals surface area contributed by atoms with Crippen molar-refractivity contribution < 1.29 is 14.7 Å². The third-order valence-corrected chi connectivity index (χ3v) is 2.74. The van der Waals surface area contributed by atoms with Crippen molar-refractivity contribution >= 4 is 11.9 Å². The van der Waals surface area contributed by atoms with Crippen LogP contribution in [0.15, 0.2) is 11.3 Å². The second kappa shape index (κ2) is 4.47. The third-order valence-electron chi connectivity index (χ3n) is 2.74. The van der Waals surface area contributed by atoms with Gasteiger partial charge in [-0.1, -0.05) is 13.8 Å². The zero-order chi connectivity index (χ0) is 11.6. The maximum absolute atomic E-state index is 11.2. The Morgan fingerprint density at radius 2 is 2.07 bits per heavy atom. The molecule has 0 aromatic heterocycles. The molecule has 1 N–H and O–H groups in total. The molecule has 84 valence electrons. The maximum Gasteiger partial charge on any atom is 0.352 e. The molecule has 0 saturated carbocycles. The molecule has 1 atom stereocenters. The van der Waals surface area contributed by atoms with Crippen LogP contribution < -0.4 is 0 Å². The molecule has 0 spiro atoms. The molecule has 1 saturated heterocycles. The van der Waals surface area contributed by atoms with E-state index in [4.69, 9.17) is 5.11 Å². The fourth-order valence-corrected chi connectivity index (χ4v) is 2.01. The predicted molar refractivity (Wildman–Crippen MR) is 56.2 cm³/mol. The number of carbonyl (C=O) groups is 2. The van der Waals surface area contributed by atoms with Crippen LogP contribution in [0.2, 0.25) is 0 Å². The monoisotopic (exact) mass is 211 g/mol. The van der Waals surface area contributed by atoms with Crippen molar-refractivity contribution in [3.05, 3.63) is 11.3 Å². The number of hydrogen-bond donors (Lipinski definition) is 1. The van der Waals surface area contributed by atoms with Gasteiger partial charge in [-0.3, -0.25) is 4.79 Å². The highest BCUT2D eigenvalue weighted by atomic mass is 16.4. The summed E-state index contributed by atoms with van der Waals surface area (Å²) in [6, 6.07) is 0.155. The van der Waals surface area contributed by atoms with Gasteiger partial charge in [-0.2, -0.15) is 0 Å². The molecule has 4 nitrogen and oxygen atoms in total. The highest BCUT2D eigenvalue weighted by molar-refractivity contribution is 5.97. The minimum atomic E-state index is -0.977. The van der Waals surface area contributed by atoms with Gasteiger partial charge in [-0.15, -0.1) is 0 Å². The topological polar surface area (TPSA) is 57.6 Å². The number of aliphatic carboxylic acids is 1. The average molecular weight is 211 g/mol. The Labute approximate surface area is 89.6 Å². The molecule has 0 unspecified atom stereocenters. The summed E-state index contributed by atoms with van der Waals surface area (Å²) in [5, 5.41) is 8.90. The van der Waals surface area contributed by atoms with Crippen LogP contribution in [0, 0.1) is 0 Å². The number of carboxylic acid groups (broad SMARTS) is 1. The van der Waals surface area contributed by atoms with Gasteiger partial charge in [0, 0.05) is 12.5 Å². The molecule has 2 aliphatic rings. The first kappa shape index (κ1) is 11.8. The first-order chi connectivity index (χ1) is 7.11. The van der Waals surface area contributed by atoms with E-state index < -0.39 is 5.97 Å². The van der Waals surface area contributed by atoms with Gasteiger partial charge in [0.05, 0.1) is 0 Å². The summed E-state index contributed by atoms with van der Waals surface area (Å²) in [5.74, 6) is -1.03. The van der Waals surface area contributed by atoms with Gasteiger partial charge in [0.25, 0.3) is 0 Å². The van der Waals surface area contributed by atoms with Crippen LogP contribution in [-0.4, -0.2) is 27.9 Å². The van der Waals surface area contributed by atoms with E-state index in [0.29, 0.717) is 6.42 Å². The Morgan fingerprint density at radius 3 is 2.47 bits per heavy atom. The van der Waals surface area contributed by atoms with Gasteiger partial charge in [-0.25, -0.2) is 4.79 Å². The van der Waals surface area contributed by atoms with Crippen LogP contribution in [0.3, 0.4) is 0 Å². The number of fused-ring (bicyclic) bond motifs is 1. The first-order valence-corrected chi connectivity index (χ1v) is 5.36. The number of hydrogen-bond acceptors (Lipinski definition) is 2. The second-order valence-electron chi connectivity index (χ2n) is 3.59. The van der Waals surface area contributed by atoms with E-state index in [0.717, 1.165) is 18.4 Å². The Hall–Kier alpha value is -1.32. The Bertz CT molecular complexity index is 320. The van der Waals surface area contributed by atoms with E-state index in [9.17, 15) is 9.59 Å². The van der Waals surface area contributed by atoms with Crippen molar-refractivity contribution in [2.75, 3.05) is 0 Å². The molecule has 2 aliphatic heterocycles. The molecule has 2 heterocycles. The van der Waals surface area contributed by atoms with Crippen LogP contribution >= 0.6 is 0 Å². The predicted octanol–water partition coefficient (Wildman–Crippen LogP) is 1.77. The summed E-state index contributed by atoms with van der Waals surface area (Å²) in [5.41, 5.74) is 1.03. The van der Waals surface area contributed by atoms with E-state index in [-0.39, 0.29) is 17.6 Å². The van der Waals surface area contributed by atoms with Gasteiger partial charge in [0.1, 0.15) is 5.70 Å². The Morgan fingerprint density at radius 1 is 1.47 bits per heavy atom. The molecule has 0 aliphatic carbocycles. The average Bonchev–Trinajstić information content (AvgIpc) is 2.21. The summed E-state index contributed by atoms with van der Waals surface area (Å²) in [6.07, 6.45) is 2.23. The van der Waals surface area contributed by atoms with E-state index in [1.54, 1.807) is 6.92 Å². The number of carbonyl (C=O) groups excluding carboxylic acids is 1. The SMILES string of the molecule is CC.CC1=C(C(=O)O)N2C(=O)C[C@H]2CC1. The lowest BCUT2D eigenvalue weighted by Gasteiger charge is -2.44. The number of rotatable bonds is 1. The highest BCUT2D eigenvalue weighted by Crippen LogP contribution is 2.35. The van der Waals surface area contributed by atoms with Crippen LogP contribution in [0.25, 0.3) is 0 Å². The molecule has 2 rings (SSSR count). The van der Waals surface area contributed by atoms with Crippen LogP contribution in [0.4, 0.5) is 0 Å². The highest BCUT2D eigenvalue weighted by Gasteiger charge is 2.43. The number of β-lactam (4-membered cyclic amide) rings is 1. The lowest BCUT2D eigenvalue weighted by atomic mass is 9.88. The molecule has 0 aromatic carbocycles. The molecular formula is C11H17NO3. The van der Waals surface area contributed by atoms with E-state index >= 15 is 0 Å². The van der Waals surface area contributed by atoms with E-state index in [2.05, 4.69) is 0 Å². The van der Waals surface area contributed by atoms with Gasteiger partial charge >= 0.3 is 5.97 Å². The zero-order valence-electron chi connectivity index (χ0n) is 9.41. The van der Waals surface area contributed by atoms with E-state index in [1.165, 1.54) is 4.90 Å². The normalized spacial score (nSPS) is 23.8. The fraction of sp³-hybridized carbons (Fsp3) is 0.636. The zero-order valence-corrected chi connectivity index (χ0v) is 9.41. The van der Waals surface area contributed by atoms with Crippen molar-refractivity contribution in [1.82, 2.24) is 4.90 Å². The molecule has 15 heavy (non-hydrogen) atoms. The van der Waals surface area contributed by atoms with Crippen molar-refractivity contribution in [2.45, 2.75) is 46.1 Å². The standard InChI is InChI=1S/C9H11NO3.C2H6/c1-5-2-3-6-4-7(11)10(6)8(5)9(12)13;1-2/h6H,2-4H2,1H3,(H,12,13);1-2H3/t6-;/m1./s1. The molecule has 0 radical (unpaired) electrons. The summed E-state index contributed by atoms with van der Waals surface area (Å²) in [7, 11) is 0. The summed E-state index contributed by atoms with van der Waals surface area (Å²) >= 11 is 0. The Balaban J connectivity index is 0.000000531. The quantitative estimate of drug-likeness (QED) is 0.672. The van der Waals surface area contributed by atoms with Crippen molar-refractivity contribution in [1.29, 1.82) is 0 Å². The molecule has 0 bridgehead atoms. The number of nitrogens with zero attached hydrogens (tertiary/aromatic N) is 1. The number of amides is 1. The molecular weight excluding hydrogens is 194 g/mol. The smallest absolute Gasteiger partial charge is 0.352 e. The van der Waals surface area contributed by atoms with Crippen molar-refractivity contribution in [3.63, 3.8) is 0 Å². The molecule has 1 fully saturated rings. The lowest BCUT2D eigenvalue weighted by Crippen LogP contribution is -2.55. The Kier molecular flexibility index (Phi) is 3.50. The molecule has 4 heteroatoms. The minimum Gasteiger partial charge on any atom is -0.477 e. The fourth-order valence-electron chi connectivity index (χ4n) is 2.01. The minimum absolute atomic E-state index is 0.0542. The number of carboxylic acids is 1. The van der Waals surface area contributed by atoms with Gasteiger partial charge in [0.15, 0.2) is 0 Å². The molecule has 1 amide bonds. The van der Waals surface area contributed by atoms with E-state index in [1.807, 2.05) is 13.8 Å². The van der Waals surface area contributed by atoms with Gasteiger partial charge in [0.2, 0.25) is 5.91 Å². The van der Waals surface area contributed by atoms with Crippen LogP contribution in [0.1, 0.15) is 40.0 Å². The maximum atomic E-state index is 11.2. The van der Waals surface area contributed by atoms with Crippen LogP contribution in [-0.2, 0) is 9.59 Å². The van der Waals surface area contributed by atoms with Crippen molar-refractivity contribution in [2.24, 2.45) is 0 Å². The van der Waals surface area contributed by atoms with Gasteiger partial charge < -0.3 is 10.0 Å². The largest absolute Gasteiger partial charge is 0.477 e. The summed E-state index contributed by atoms with van der Waals surface area (Å²) in [6.45, 7) is 5.78. The van der Waals surface area contributed by atoms with Crippen LogP contribution in [0.5, 0.6) is 0 Å². The number of allylic oxidation sites excluding steroid dienone is 1.